The molecule has 0 aliphatic heterocycles. The topological polar surface area (TPSA) is 78.1 Å². The van der Waals surface area contributed by atoms with E-state index in [1.807, 2.05) is 60.6 Å². The number of H-pyrrole nitrogens is 1. The van der Waals surface area contributed by atoms with E-state index in [9.17, 15) is 9.59 Å². The normalized spacial score (nSPS) is 15.5. The van der Waals surface area contributed by atoms with Crippen LogP contribution in [0.5, 0.6) is 0 Å². The first-order chi connectivity index (χ1) is 14.1. The van der Waals surface area contributed by atoms with Crippen LogP contribution in [0.4, 0.5) is 0 Å². The number of aromatic nitrogens is 2. The summed E-state index contributed by atoms with van der Waals surface area (Å²) in [6.45, 7) is 0.591. The van der Waals surface area contributed by atoms with Gasteiger partial charge in [-0.05, 0) is 56.0 Å². The number of carbonyl (C=O) groups excluding carboxylic acids is 2. The van der Waals surface area contributed by atoms with Crippen molar-refractivity contribution in [2.24, 2.45) is 0 Å². The summed E-state index contributed by atoms with van der Waals surface area (Å²) in [4.78, 5) is 33.5. The number of fused-ring (bicyclic) bond motifs is 1. The SMILES string of the molecule is CN(C(=O)c1ccc(-c2ccc3[nH]ccc3n2)cc1)C1(NCCC=O)CCCC1. The largest absolute Gasteiger partial charge is 0.360 e. The number of aldehydes is 1. The minimum absolute atomic E-state index is 0.00824. The summed E-state index contributed by atoms with van der Waals surface area (Å²) in [6, 6.07) is 13.6. The predicted octanol–water partition coefficient (Wildman–Crippen LogP) is 3.75. The third kappa shape index (κ3) is 3.80. The summed E-state index contributed by atoms with van der Waals surface area (Å²) in [5.41, 5.74) is 4.08. The summed E-state index contributed by atoms with van der Waals surface area (Å²) < 4.78 is 0. The molecule has 3 aromatic rings. The fraction of sp³-hybridized carbons (Fsp3) is 0.348. The van der Waals surface area contributed by atoms with E-state index in [4.69, 9.17) is 0 Å². The second-order valence-corrected chi connectivity index (χ2v) is 7.67. The van der Waals surface area contributed by atoms with Crippen molar-refractivity contribution in [3.05, 3.63) is 54.2 Å². The van der Waals surface area contributed by atoms with Gasteiger partial charge in [-0.15, -0.1) is 0 Å². The molecule has 150 valence electrons. The summed E-state index contributed by atoms with van der Waals surface area (Å²) in [5.74, 6) is -0.00824. The minimum atomic E-state index is -0.361. The Hall–Kier alpha value is -2.99. The Morgan fingerprint density at radius 3 is 2.66 bits per heavy atom. The van der Waals surface area contributed by atoms with Crippen LogP contribution in [0.3, 0.4) is 0 Å². The zero-order valence-corrected chi connectivity index (χ0v) is 16.6. The number of nitrogens with zero attached hydrogens (tertiary/aromatic N) is 2. The molecule has 6 heteroatoms. The van der Waals surface area contributed by atoms with Gasteiger partial charge in [0.15, 0.2) is 0 Å². The van der Waals surface area contributed by atoms with Crippen molar-refractivity contribution in [1.29, 1.82) is 0 Å². The van der Waals surface area contributed by atoms with Gasteiger partial charge in [-0.2, -0.15) is 0 Å². The van der Waals surface area contributed by atoms with Gasteiger partial charge in [-0.1, -0.05) is 12.1 Å². The van der Waals surface area contributed by atoms with Crippen LogP contribution in [-0.2, 0) is 4.79 Å². The number of rotatable bonds is 7. The lowest BCUT2D eigenvalue weighted by atomic mass is 10.0. The molecule has 2 heterocycles. The molecule has 0 unspecified atom stereocenters. The van der Waals surface area contributed by atoms with Crippen molar-refractivity contribution in [3.63, 3.8) is 0 Å². The lowest BCUT2D eigenvalue weighted by Crippen LogP contribution is -2.57. The third-order valence-corrected chi connectivity index (χ3v) is 5.93. The number of amides is 1. The molecular weight excluding hydrogens is 364 g/mol. The Morgan fingerprint density at radius 1 is 1.17 bits per heavy atom. The molecule has 0 atom stereocenters. The van der Waals surface area contributed by atoms with Crippen molar-refractivity contribution in [1.82, 2.24) is 20.2 Å². The molecule has 2 aromatic heterocycles. The monoisotopic (exact) mass is 390 g/mol. The van der Waals surface area contributed by atoms with E-state index in [2.05, 4.69) is 15.3 Å². The van der Waals surface area contributed by atoms with E-state index in [1.54, 1.807) is 0 Å². The second kappa shape index (κ2) is 8.17. The molecular formula is C23H26N4O2. The molecule has 1 saturated carbocycles. The number of pyridine rings is 1. The van der Waals surface area contributed by atoms with Crippen LogP contribution in [0.2, 0.25) is 0 Å². The van der Waals surface area contributed by atoms with E-state index in [0.29, 0.717) is 18.5 Å². The van der Waals surface area contributed by atoms with Crippen molar-refractivity contribution in [2.45, 2.75) is 37.8 Å². The highest BCUT2D eigenvalue weighted by atomic mass is 16.2. The van der Waals surface area contributed by atoms with Crippen LogP contribution in [0.25, 0.3) is 22.3 Å². The van der Waals surface area contributed by atoms with Gasteiger partial charge in [-0.25, -0.2) is 4.98 Å². The van der Waals surface area contributed by atoms with Crippen molar-refractivity contribution in [2.75, 3.05) is 13.6 Å². The first kappa shape index (κ1) is 19.3. The van der Waals surface area contributed by atoms with E-state index in [-0.39, 0.29) is 11.6 Å². The Balaban J connectivity index is 1.52. The van der Waals surface area contributed by atoms with Gasteiger partial charge in [0.1, 0.15) is 6.29 Å². The number of benzene rings is 1. The van der Waals surface area contributed by atoms with Gasteiger partial charge >= 0.3 is 0 Å². The molecule has 1 aromatic carbocycles. The average Bonchev–Trinajstić information content (AvgIpc) is 3.42. The summed E-state index contributed by atoms with van der Waals surface area (Å²) >= 11 is 0. The quantitative estimate of drug-likeness (QED) is 0.366. The maximum atomic E-state index is 13.2. The molecule has 1 aliphatic carbocycles. The first-order valence-electron chi connectivity index (χ1n) is 10.1. The first-order valence-corrected chi connectivity index (χ1v) is 10.1. The van der Waals surface area contributed by atoms with Gasteiger partial charge in [-0.3, -0.25) is 10.1 Å². The predicted molar refractivity (Wildman–Crippen MR) is 114 cm³/mol. The molecule has 1 amide bonds. The zero-order chi connectivity index (χ0) is 20.3. The third-order valence-electron chi connectivity index (χ3n) is 5.93. The minimum Gasteiger partial charge on any atom is -0.360 e. The van der Waals surface area contributed by atoms with Crippen molar-refractivity contribution < 1.29 is 9.59 Å². The van der Waals surface area contributed by atoms with Crippen molar-refractivity contribution in [3.8, 4) is 11.3 Å². The average molecular weight is 390 g/mol. The maximum absolute atomic E-state index is 13.2. The molecule has 1 aliphatic rings. The molecule has 0 saturated heterocycles. The van der Waals surface area contributed by atoms with Crippen LogP contribution in [-0.4, -0.2) is 46.3 Å². The highest BCUT2D eigenvalue weighted by Crippen LogP contribution is 2.33. The standard InChI is InChI=1S/C23H26N4O2/c1-27(23(12-2-3-13-23)25-14-4-16-28)22(29)18-7-5-17(6-8-18)19-9-10-20-21(26-19)11-15-24-20/h5-11,15-16,24-25H,2-4,12-14H2,1H3. The molecule has 0 radical (unpaired) electrons. The highest BCUT2D eigenvalue weighted by molar-refractivity contribution is 5.95. The van der Waals surface area contributed by atoms with E-state index < -0.39 is 0 Å². The van der Waals surface area contributed by atoms with Crippen molar-refractivity contribution >= 4 is 23.2 Å². The Kier molecular flexibility index (Phi) is 5.45. The Morgan fingerprint density at radius 2 is 1.93 bits per heavy atom. The van der Waals surface area contributed by atoms with E-state index in [1.165, 1.54) is 0 Å². The molecule has 0 bridgehead atoms. The maximum Gasteiger partial charge on any atom is 0.255 e. The van der Waals surface area contributed by atoms with Gasteiger partial charge < -0.3 is 14.7 Å². The Bertz CT molecular complexity index is 1000. The van der Waals surface area contributed by atoms with E-state index in [0.717, 1.165) is 54.3 Å². The van der Waals surface area contributed by atoms with Gasteiger partial charge in [0.2, 0.25) is 0 Å². The molecule has 2 N–H and O–H groups in total. The summed E-state index contributed by atoms with van der Waals surface area (Å²) in [6.07, 6.45) is 7.22. The second-order valence-electron chi connectivity index (χ2n) is 7.67. The summed E-state index contributed by atoms with van der Waals surface area (Å²) in [7, 11) is 1.86. The number of aromatic amines is 1. The molecule has 4 rings (SSSR count). The number of hydrogen-bond donors (Lipinski definition) is 2. The highest BCUT2D eigenvalue weighted by Gasteiger charge is 2.39. The fourth-order valence-electron chi connectivity index (χ4n) is 4.22. The fourth-order valence-corrected chi connectivity index (χ4v) is 4.22. The smallest absolute Gasteiger partial charge is 0.255 e. The lowest BCUT2D eigenvalue weighted by Gasteiger charge is -2.40. The molecule has 0 spiro atoms. The zero-order valence-electron chi connectivity index (χ0n) is 16.6. The van der Waals surface area contributed by atoms with Gasteiger partial charge in [0.25, 0.3) is 5.91 Å². The number of hydrogen-bond acceptors (Lipinski definition) is 4. The number of carbonyl (C=O) groups is 2. The van der Waals surface area contributed by atoms with Gasteiger partial charge in [0.05, 0.1) is 22.4 Å². The molecule has 1 fully saturated rings. The molecule has 6 nitrogen and oxygen atoms in total. The lowest BCUT2D eigenvalue weighted by molar-refractivity contribution is -0.107. The van der Waals surface area contributed by atoms with Gasteiger partial charge in [0, 0.05) is 37.3 Å². The van der Waals surface area contributed by atoms with Crippen LogP contribution < -0.4 is 5.32 Å². The van der Waals surface area contributed by atoms with Crippen LogP contribution in [0.1, 0.15) is 42.5 Å². The van der Waals surface area contributed by atoms with Crippen LogP contribution >= 0.6 is 0 Å². The number of nitrogens with one attached hydrogen (secondary N) is 2. The van der Waals surface area contributed by atoms with Crippen LogP contribution in [0, 0.1) is 0 Å². The molecule has 29 heavy (non-hydrogen) atoms. The van der Waals surface area contributed by atoms with Crippen LogP contribution in [0.15, 0.2) is 48.7 Å². The van der Waals surface area contributed by atoms with E-state index >= 15 is 0 Å². The summed E-state index contributed by atoms with van der Waals surface area (Å²) in [5, 5.41) is 3.46. The Labute approximate surface area is 170 Å².